The lowest BCUT2D eigenvalue weighted by Crippen LogP contribution is -2.61. The van der Waals surface area contributed by atoms with Crippen LogP contribution >= 0.6 is 0 Å². The molecular weight excluding hydrogens is 410 g/mol. The molecule has 3 aliphatic heterocycles. The number of nitrogens with zero attached hydrogens (tertiary/aromatic N) is 1. The van der Waals surface area contributed by atoms with Gasteiger partial charge in [-0.15, -0.1) is 0 Å². The molecular formula is C24H41N3O5. The fourth-order valence-corrected chi connectivity index (χ4v) is 6.15. The molecule has 3 saturated heterocycles. The van der Waals surface area contributed by atoms with Gasteiger partial charge in [0, 0.05) is 12.1 Å². The second-order valence-corrected chi connectivity index (χ2v) is 11.5. The highest BCUT2D eigenvalue weighted by Gasteiger charge is 2.80. The third-order valence-electron chi connectivity index (χ3n) is 7.64. The van der Waals surface area contributed by atoms with E-state index in [0.29, 0.717) is 13.0 Å². The molecule has 0 aromatic heterocycles. The molecule has 0 radical (unpaired) electrons. The molecule has 3 fully saturated rings. The Morgan fingerprint density at radius 2 is 1.91 bits per heavy atom. The topological polar surface area (TPSA) is 108 Å². The van der Waals surface area contributed by atoms with Crippen LogP contribution < -0.4 is 10.6 Å². The van der Waals surface area contributed by atoms with Crippen molar-refractivity contribution in [1.29, 1.82) is 0 Å². The van der Waals surface area contributed by atoms with E-state index in [4.69, 9.17) is 4.74 Å². The molecule has 8 nitrogen and oxygen atoms in total. The van der Waals surface area contributed by atoms with Crippen LogP contribution in [0.5, 0.6) is 0 Å². The zero-order valence-corrected chi connectivity index (χ0v) is 20.8. The van der Waals surface area contributed by atoms with Crippen molar-refractivity contribution in [2.24, 2.45) is 23.7 Å². The van der Waals surface area contributed by atoms with Gasteiger partial charge >= 0.3 is 0 Å². The van der Waals surface area contributed by atoms with Gasteiger partial charge < -0.3 is 25.4 Å². The molecule has 3 heterocycles. The number of aliphatic hydroxyl groups is 1. The van der Waals surface area contributed by atoms with E-state index in [0.717, 1.165) is 6.42 Å². The van der Waals surface area contributed by atoms with E-state index < -0.39 is 40.7 Å². The minimum Gasteiger partial charge on any atom is -0.394 e. The van der Waals surface area contributed by atoms with Gasteiger partial charge in [0.2, 0.25) is 17.7 Å². The maximum atomic E-state index is 14.0. The van der Waals surface area contributed by atoms with Crippen molar-refractivity contribution in [1.82, 2.24) is 15.5 Å². The third kappa shape index (κ3) is 3.63. The Balaban J connectivity index is 2.14. The van der Waals surface area contributed by atoms with Crippen LogP contribution in [0.1, 0.15) is 68.2 Å². The van der Waals surface area contributed by atoms with E-state index in [1.54, 1.807) is 0 Å². The van der Waals surface area contributed by atoms with Crippen molar-refractivity contribution < 1.29 is 24.2 Å². The van der Waals surface area contributed by atoms with Crippen LogP contribution in [-0.2, 0) is 19.1 Å². The van der Waals surface area contributed by atoms with E-state index in [2.05, 4.69) is 10.6 Å². The lowest BCUT2D eigenvalue weighted by atomic mass is 9.62. The Morgan fingerprint density at radius 3 is 2.41 bits per heavy atom. The number of hydrogen-bond donors (Lipinski definition) is 3. The smallest absolute Gasteiger partial charge is 0.246 e. The third-order valence-corrected chi connectivity index (χ3v) is 7.64. The summed E-state index contributed by atoms with van der Waals surface area (Å²) in [6.45, 7) is 15.7. The standard InChI is InChI=1S/C24H41N3O5/c1-9-10-25-19(29)16-17-21(31)27(15(12-28)13(2)3)18(20(30)26-22(5,6)7)24(17)11-14(4)23(16,8)32-24/h13-18,28H,9-12H2,1-8H3,(H,25,29)(H,26,30)/t14?,15-,16+,17-,18?,23-,24?/m0/s1. The Hall–Kier alpha value is -1.67. The number of hydrogen-bond acceptors (Lipinski definition) is 5. The van der Waals surface area contributed by atoms with E-state index in [9.17, 15) is 19.5 Å². The lowest BCUT2D eigenvalue weighted by Gasteiger charge is -2.39. The van der Waals surface area contributed by atoms with Crippen molar-refractivity contribution in [3.8, 4) is 0 Å². The molecule has 0 aliphatic carbocycles. The van der Waals surface area contributed by atoms with Crippen molar-refractivity contribution in [2.45, 2.75) is 97.1 Å². The summed E-state index contributed by atoms with van der Waals surface area (Å²) in [5.41, 5.74) is -2.41. The van der Waals surface area contributed by atoms with Crippen LogP contribution in [-0.4, -0.2) is 69.7 Å². The number of amides is 3. The van der Waals surface area contributed by atoms with Gasteiger partial charge in [-0.2, -0.15) is 0 Å². The summed E-state index contributed by atoms with van der Waals surface area (Å²) in [4.78, 5) is 42.5. The highest BCUT2D eigenvalue weighted by Crippen LogP contribution is 2.65. The van der Waals surface area contributed by atoms with E-state index in [1.807, 2.05) is 55.4 Å². The summed E-state index contributed by atoms with van der Waals surface area (Å²) in [6.07, 6.45) is 1.31. The van der Waals surface area contributed by atoms with Crippen LogP contribution in [0.25, 0.3) is 0 Å². The second kappa shape index (κ2) is 8.28. The zero-order valence-electron chi connectivity index (χ0n) is 20.8. The first-order valence-electron chi connectivity index (χ1n) is 12.0. The molecule has 32 heavy (non-hydrogen) atoms. The maximum Gasteiger partial charge on any atom is 0.246 e. The normalized spacial score (nSPS) is 37.1. The minimum absolute atomic E-state index is 0.000407. The predicted molar refractivity (Wildman–Crippen MR) is 121 cm³/mol. The fourth-order valence-electron chi connectivity index (χ4n) is 6.15. The minimum atomic E-state index is -1.09. The first-order chi connectivity index (χ1) is 14.7. The highest BCUT2D eigenvalue weighted by atomic mass is 16.5. The second-order valence-electron chi connectivity index (χ2n) is 11.5. The number of fused-ring (bicyclic) bond motifs is 1. The molecule has 0 aromatic carbocycles. The summed E-state index contributed by atoms with van der Waals surface area (Å²) in [6, 6.07) is -1.43. The Labute approximate surface area is 191 Å². The van der Waals surface area contributed by atoms with E-state index in [-0.39, 0.29) is 36.2 Å². The van der Waals surface area contributed by atoms with Crippen LogP contribution in [0.3, 0.4) is 0 Å². The van der Waals surface area contributed by atoms with Gasteiger partial charge in [0.25, 0.3) is 0 Å². The number of likely N-dealkylation sites (tertiary alicyclic amines) is 1. The number of rotatable bonds is 7. The number of nitrogens with one attached hydrogen (secondary N) is 2. The number of ether oxygens (including phenoxy) is 1. The summed E-state index contributed by atoms with van der Waals surface area (Å²) < 4.78 is 6.65. The number of aliphatic hydroxyl groups excluding tert-OH is 1. The molecule has 0 aromatic rings. The van der Waals surface area contributed by atoms with Gasteiger partial charge in [0.1, 0.15) is 11.6 Å². The fraction of sp³-hybridized carbons (Fsp3) is 0.875. The monoisotopic (exact) mass is 451 g/mol. The Morgan fingerprint density at radius 1 is 1.28 bits per heavy atom. The van der Waals surface area contributed by atoms with E-state index in [1.165, 1.54) is 4.90 Å². The lowest BCUT2D eigenvalue weighted by molar-refractivity contribution is -0.152. The van der Waals surface area contributed by atoms with Gasteiger partial charge in [-0.3, -0.25) is 14.4 Å². The molecule has 182 valence electrons. The maximum absolute atomic E-state index is 14.0. The SMILES string of the molecule is CCCNC(=O)[C@H]1[C@H]2C(=O)N([C@@H](CO)C(C)C)C(C(=O)NC(C)(C)C)C23CC(C)[C@]1(C)O3. The molecule has 3 unspecified atom stereocenters. The van der Waals surface area contributed by atoms with Gasteiger partial charge in [0.15, 0.2) is 0 Å². The van der Waals surface area contributed by atoms with Crippen LogP contribution in [0.4, 0.5) is 0 Å². The predicted octanol–water partition coefficient (Wildman–Crippen LogP) is 1.45. The number of carbonyl (C=O) groups is 3. The average molecular weight is 452 g/mol. The molecule has 7 atom stereocenters. The molecule has 3 amide bonds. The van der Waals surface area contributed by atoms with E-state index >= 15 is 0 Å². The van der Waals surface area contributed by atoms with Gasteiger partial charge in [-0.25, -0.2) is 0 Å². The van der Waals surface area contributed by atoms with Gasteiger partial charge in [-0.05, 0) is 52.4 Å². The molecule has 0 saturated carbocycles. The Kier molecular flexibility index (Phi) is 6.46. The van der Waals surface area contributed by atoms with Crippen LogP contribution in [0.2, 0.25) is 0 Å². The molecule has 1 spiro atoms. The van der Waals surface area contributed by atoms with Crippen molar-refractivity contribution in [3.05, 3.63) is 0 Å². The molecule has 8 heteroatoms. The molecule has 3 rings (SSSR count). The van der Waals surface area contributed by atoms with Gasteiger partial charge in [-0.1, -0.05) is 27.7 Å². The van der Waals surface area contributed by atoms with Crippen molar-refractivity contribution in [3.63, 3.8) is 0 Å². The molecule has 3 aliphatic rings. The summed E-state index contributed by atoms with van der Waals surface area (Å²) in [5.74, 6) is -2.24. The van der Waals surface area contributed by atoms with Crippen LogP contribution in [0.15, 0.2) is 0 Å². The van der Waals surface area contributed by atoms with Crippen molar-refractivity contribution >= 4 is 17.7 Å². The first kappa shape index (κ1) is 25.0. The largest absolute Gasteiger partial charge is 0.394 e. The highest BCUT2D eigenvalue weighted by molar-refractivity contribution is 5.99. The Bertz CT molecular complexity index is 778. The first-order valence-corrected chi connectivity index (χ1v) is 12.0. The zero-order chi connectivity index (χ0) is 24.2. The summed E-state index contributed by atoms with van der Waals surface area (Å²) >= 11 is 0. The number of carbonyl (C=O) groups excluding carboxylic acids is 3. The van der Waals surface area contributed by atoms with Gasteiger partial charge in [0.05, 0.1) is 30.1 Å². The average Bonchev–Trinajstić information content (AvgIpc) is 3.16. The summed E-state index contributed by atoms with van der Waals surface area (Å²) in [5, 5.41) is 16.2. The molecule has 2 bridgehead atoms. The van der Waals surface area contributed by atoms with Crippen LogP contribution in [0, 0.1) is 23.7 Å². The quantitative estimate of drug-likeness (QED) is 0.543. The molecule has 3 N–H and O–H groups in total. The summed E-state index contributed by atoms with van der Waals surface area (Å²) in [7, 11) is 0. The van der Waals surface area contributed by atoms with Crippen molar-refractivity contribution in [2.75, 3.05) is 13.2 Å².